The minimum absolute atomic E-state index is 0.108. The molecule has 2 aliphatic rings. The van der Waals surface area contributed by atoms with Crippen LogP contribution in [0, 0.1) is 12.7 Å². The van der Waals surface area contributed by atoms with Crippen molar-refractivity contribution in [3.8, 4) is 0 Å². The maximum Gasteiger partial charge on any atom is 0.254 e. The van der Waals surface area contributed by atoms with Crippen LogP contribution in [0.2, 0.25) is 0 Å². The Labute approximate surface area is 145 Å². The Morgan fingerprint density at radius 1 is 1.20 bits per heavy atom. The van der Waals surface area contributed by atoms with E-state index >= 15 is 0 Å². The molecule has 0 aliphatic carbocycles. The van der Waals surface area contributed by atoms with Gasteiger partial charge in [-0.25, -0.2) is 4.39 Å². The van der Waals surface area contributed by atoms with Crippen molar-refractivity contribution in [1.29, 1.82) is 0 Å². The molecule has 0 bridgehead atoms. The Kier molecular flexibility index (Phi) is 4.07. The molecule has 2 aliphatic heterocycles. The van der Waals surface area contributed by atoms with Crippen LogP contribution in [0.1, 0.15) is 35.2 Å². The Hall–Kier alpha value is -2.21. The summed E-state index contributed by atoms with van der Waals surface area (Å²) in [6, 6.07) is 4.83. The monoisotopic (exact) mass is 343 g/mol. The van der Waals surface area contributed by atoms with E-state index in [0.717, 1.165) is 25.1 Å². The molecule has 1 N–H and O–H groups in total. The molecule has 0 spiro atoms. The number of benzene rings is 1. The highest BCUT2D eigenvalue weighted by Gasteiger charge is 2.32. The number of carbonyl (C=O) groups is 1. The van der Waals surface area contributed by atoms with Crippen molar-refractivity contribution in [2.75, 3.05) is 26.2 Å². The van der Waals surface area contributed by atoms with Gasteiger partial charge in [0.2, 0.25) is 5.56 Å². The molecule has 3 heterocycles. The predicted octanol–water partition coefficient (Wildman–Crippen LogP) is 2.29. The van der Waals surface area contributed by atoms with E-state index in [1.165, 1.54) is 25.0 Å². The van der Waals surface area contributed by atoms with E-state index < -0.39 is 11.4 Å². The summed E-state index contributed by atoms with van der Waals surface area (Å²) in [6.07, 6.45) is 3.41. The minimum atomic E-state index is -0.502. The molecule has 1 atom stereocenters. The summed E-state index contributed by atoms with van der Waals surface area (Å²) in [5.41, 5.74) is 0.677. The first-order valence-electron chi connectivity index (χ1n) is 8.89. The zero-order valence-corrected chi connectivity index (χ0v) is 14.3. The topological polar surface area (TPSA) is 56.4 Å². The second kappa shape index (κ2) is 6.26. The highest BCUT2D eigenvalue weighted by atomic mass is 19.1. The van der Waals surface area contributed by atoms with Gasteiger partial charge >= 0.3 is 0 Å². The third-order valence-corrected chi connectivity index (χ3v) is 5.39. The maximum absolute atomic E-state index is 14.2. The van der Waals surface area contributed by atoms with Crippen molar-refractivity contribution in [2.45, 2.75) is 32.2 Å². The number of carbonyl (C=O) groups excluding carboxylic acids is 1. The normalized spacial score (nSPS) is 21.4. The van der Waals surface area contributed by atoms with Gasteiger partial charge in [-0.3, -0.25) is 14.5 Å². The first kappa shape index (κ1) is 16.3. The van der Waals surface area contributed by atoms with Crippen LogP contribution in [0.3, 0.4) is 0 Å². The second-order valence-electron chi connectivity index (χ2n) is 7.15. The van der Waals surface area contributed by atoms with E-state index in [9.17, 15) is 14.0 Å². The fourth-order valence-electron chi connectivity index (χ4n) is 4.13. The second-order valence-corrected chi connectivity index (χ2v) is 7.15. The quantitative estimate of drug-likeness (QED) is 0.910. The molecule has 0 radical (unpaired) electrons. The number of halogens is 1. The molecule has 4 rings (SSSR count). The van der Waals surface area contributed by atoms with Crippen molar-refractivity contribution in [1.82, 2.24) is 14.8 Å². The number of aryl methyl sites for hydroxylation is 1. The standard InChI is InChI=1S/C19H22FN3O2/c1-12-8-14-15(10-17(24)21-18(14)16(20)9-12)19(25)23-7-4-13(11-23)22-5-2-3-6-22/h8-10,13H,2-7,11H2,1H3,(H,21,24)/t13-/m0/s1. The lowest BCUT2D eigenvalue weighted by molar-refractivity contribution is 0.0782. The van der Waals surface area contributed by atoms with Crippen LogP contribution in [0.15, 0.2) is 23.0 Å². The number of aromatic amines is 1. The van der Waals surface area contributed by atoms with E-state index in [1.807, 2.05) is 0 Å². The molecule has 1 aromatic heterocycles. The highest BCUT2D eigenvalue weighted by Crippen LogP contribution is 2.25. The van der Waals surface area contributed by atoms with Gasteiger partial charge in [-0.15, -0.1) is 0 Å². The number of nitrogens with one attached hydrogen (secondary N) is 1. The number of rotatable bonds is 2. The van der Waals surface area contributed by atoms with Gasteiger partial charge < -0.3 is 9.88 Å². The number of pyridine rings is 1. The number of H-pyrrole nitrogens is 1. The molecule has 25 heavy (non-hydrogen) atoms. The molecule has 0 saturated carbocycles. The van der Waals surface area contributed by atoms with Crippen LogP contribution in [0.5, 0.6) is 0 Å². The molecule has 2 aromatic rings. The SMILES string of the molecule is Cc1cc(F)c2[nH]c(=O)cc(C(=O)N3CC[C@H](N4CCCC4)C3)c2c1. The van der Waals surface area contributed by atoms with Crippen molar-refractivity contribution in [3.05, 3.63) is 45.5 Å². The van der Waals surface area contributed by atoms with Gasteiger partial charge in [-0.2, -0.15) is 0 Å². The Morgan fingerprint density at radius 3 is 2.72 bits per heavy atom. The summed E-state index contributed by atoms with van der Waals surface area (Å²) in [6.45, 7) is 5.35. The number of aromatic nitrogens is 1. The highest BCUT2D eigenvalue weighted by molar-refractivity contribution is 6.06. The summed E-state index contributed by atoms with van der Waals surface area (Å²) >= 11 is 0. The smallest absolute Gasteiger partial charge is 0.254 e. The van der Waals surface area contributed by atoms with Gasteiger partial charge in [-0.05, 0) is 57.0 Å². The molecule has 132 valence electrons. The molecule has 0 unspecified atom stereocenters. The van der Waals surface area contributed by atoms with Crippen molar-refractivity contribution >= 4 is 16.8 Å². The third-order valence-electron chi connectivity index (χ3n) is 5.39. The van der Waals surface area contributed by atoms with Gasteiger partial charge in [0.25, 0.3) is 5.91 Å². The van der Waals surface area contributed by atoms with E-state index in [2.05, 4.69) is 9.88 Å². The number of hydrogen-bond donors (Lipinski definition) is 1. The zero-order chi connectivity index (χ0) is 17.6. The zero-order valence-electron chi connectivity index (χ0n) is 14.3. The number of hydrogen-bond acceptors (Lipinski definition) is 3. The summed E-state index contributed by atoms with van der Waals surface area (Å²) in [5.74, 6) is -0.680. The van der Waals surface area contributed by atoms with Gasteiger partial charge in [0, 0.05) is 30.6 Å². The summed E-state index contributed by atoms with van der Waals surface area (Å²) < 4.78 is 14.2. The van der Waals surface area contributed by atoms with Gasteiger partial charge in [0.1, 0.15) is 5.82 Å². The molecular formula is C19H22FN3O2. The fraction of sp³-hybridized carbons (Fsp3) is 0.474. The molecule has 6 heteroatoms. The average Bonchev–Trinajstić information content (AvgIpc) is 3.25. The minimum Gasteiger partial charge on any atom is -0.337 e. The number of nitrogens with zero attached hydrogens (tertiary/aromatic N) is 2. The lowest BCUT2D eigenvalue weighted by Gasteiger charge is -2.23. The lowest BCUT2D eigenvalue weighted by atomic mass is 10.0. The largest absolute Gasteiger partial charge is 0.337 e. The van der Waals surface area contributed by atoms with Crippen LogP contribution >= 0.6 is 0 Å². The van der Waals surface area contributed by atoms with Gasteiger partial charge in [0.05, 0.1) is 11.1 Å². The van der Waals surface area contributed by atoms with Crippen molar-refractivity contribution < 1.29 is 9.18 Å². The molecule has 1 amide bonds. The van der Waals surface area contributed by atoms with E-state index in [-0.39, 0.29) is 11.4 Å². The Balaban J connectivity index is 1.67. The first-order chi connectivity index (χ1) is 12.0. The van der Waals surface area contributed by atoms with Crippen molar-refractivity contribution in [2.24, 2.45) is 0 Å². The van der Waals surface area contributed by atoms with E-state index in [1.54, 1.807) is 17.9 Å². The maximum atomic E-state index is 14.2. The molecular weight excluding hydrogens is 321 g/mol. The van der Waals surface area contributed by atoms with Crippen LogP contribution in [-0.2, 0) is 0 Å². The fourth-order valence-corrected chi connectivity index (χ4v) is 4.13. The molecule has 1 aromatic carbocycles. The number of fused-ring (bicyclic) bond motifs is 1. The molecule has 2 fully saturated rings. The van der Waals surface area contributed by atoms with Crippen LogP contribution < -0.4 is 5.56 Å². The van der Waals surface area contributed by atoms with Gasteiger partial charge in [0.15, 0.2) is 0 Å². The lowest BCUT2D eigenvalue weighted by Crippen LogP contribution is -2.37. The number of likely N-dealkylation sites (tertiary alicyclic amines) is 2. The summed E-state index contributed by atoms with van der Waals surface area (Å²) in [5, 5.41) is 0.478. The van der Waals surface area contributed by atoms with Crippen LogP contribution in [0.4, 0.5) is 4.39 Å². The van der Waals surface area contributed by atoms with E-state index in [4.69, 9.17) is 0 Å². The summed E-state index contributed by atoms with van der Waals surface area (Å²) in [7, 11) is 0. The Bertz CT molecular complexity index is 886. The van der Waals surface area contributed by atoms with Crippen LogP contribution in [0.25, 0.3) is 10.9 Å². The van der Waals surface area contributed by atoms with Gasteiger partial charge in [-0.1, -0.05) is 0 Å². The average molecular weight is 343 g/mol. The third kappa shape index (κ3) is 2.95. The molecule has 2 saturated heterocycles. The van der Waals surface area contributed by atoms with Crippen molar-refractivity contribution in [3.63, 3.8) is 0 Å². The predicted molar refractivity (Wildman–Crippen MR) is 94.4 cm³/mol. The van der Waals surface area contributed by atoms with Crippen LogP contribution in [-0.4, -0.2) is 52.9 Å². The Morgan fingerprint density at radius 2 is 1.96 bits per heavy atom. The molecule has 5 nitrogen and oxygen atoms in total. The first-order valence-corrected chi connectivity index (χ1v) is 8.89. The van der Waals surface area contributed by atoms with E-state index in [0.29, 0.717) is 30.1 Å². The summed E-state index contributed by atoms with van der Waals surface area (Å²) in [4.78, 5) is 31.7. The number of amides is 1.